The highest BCUT2D eigenvalue weighted by Gasteiger charge is 2.35. The third kappa shape index (κ3) is 2.57. The van der Waals surface area contributed by atoms with Gasteiger partial charge in [0.05, 0.1) is 37.0 Å². The van der Waals surface area contributed by atoms with E-state index in [0.29, 0.717) is 11.5 Å². The summed E-state index contributed by atoms with van der Waals surface area (Å²) >= 11 is 0. The average Bonchev–Trinajstić information content (AvgIpc) is 3.13. The molecule has 3 rings (SSSR count). The number of aromatic amines is 1. The molecule has 0 fully saturated rings. The first-order valence-electron chi connectivity index (χ1n) is 6.33. The van der Waals surface area contributed by atoms with Crippen LogP contribution in [0.2, 0.25) is 0 Å². The van der Waals surface area contributed by atoms with Crippen molar-refractivity contribution < 1.29 is 19.2 Å². The van der Waals surface area contributed by atoms with Crippen LogP contribution in [0.3, 0.4) is 0 Å². The highest BCUT2D eigenvalue weighted by molar-refractivity contribution is 5.83. The van der Waals surface area contributed by atoms with E-state index in [4.69, 9.17) is 4.52 Å². The van der Waals surface area contributed by atoms with Crippen LogP contribution in [-0.4, -0.2) is 43.2 Å². The van der Waals surface area contributed by atoms with Crippen LogP contribution in [0.5, 0.6) is 0 Å². The molecule has 0 saturated carbocycles. The number of nitrogens with one attached hydrogen (secondary N) is 2. The second-order valence-electron chi connectivity index (χ2n) is 4.65. The Bertz CT molecular complexity index is 650. The van der Waals surface area contributed by atoms with Gasteiger partial charge in [-0.05, 0) is 0 Å². The van der Waals surface area contributed by atoms with Crippen LogP contribution in [-0.2, 0) is 24.3 Å². The minimum atomic E-state index is -1.06. The monoisotopic (exact) mass is 291 g/mol. The highest BCUT2D eigenvalue weighted by atomic mass is 16.5. The summed E-state index contributed by atoms with van der Waals surface area (Å²) in [6, 6.07) is 0.215. The average molecular weight is 291 g/mol. The molecule has 1 aliphatic heterocycles. The molecular formula is C12H13N5O4. The lowest BCUT2D eigenvalue weighted by Crippen LogP contribution is -2.52. The third-order valence-corrected chi connectivity index (χ3v) is 3.35. The number of urea groups is 1. The maximum atomic E-state index is 12.2. The van der Waals surface area contributed by atoms with E-state index in [2.05, 4.69) is 20.4 Å². The van der Waals surface area contributed by atoms with Crippen LogP contribution in [0.15, 0.2) is 23.1 Å². The van der Waals surface area contributed by atoms with Crippen molar-refractivity contribution in [2.24, 2.45) is 0 Å². The standard InChI is InChI=1S/C12H13N5O4/c18-11(19)10-3-8-9(15-6-14-8)5-17(10)12(20)13-4-7-1-2-16-21-7/h1-2,6,10H,3-5H2,(H,13,20)(H,14,15)(H,18,19). The first-order chi connectivity index (χ1) is 10.1. The van der Waals surface area contributed by atoms with Crippen LogP contribution in [0.25, 0.3) is 0 Å². The van der Waals surface area contributed by atoms with Crippen molar-refractivity contribution >= 4 is 12.0 Å². The van der Waals surface area contributed by atoms with Crippen molar-refractivity contribution in [1.29, 1.82) is 0 Å². The Labute approximate surface area is 118 Å². The molecule has 2 amide bonds. The SMILES string of the molecule is O=C(O)C1Cc2nc[nH]c2CN1C(=O)NCc1ccno1. The first kappa shape index (κ1) is 13.2. The molecule has 1 aliphatic rings. The Morgan fingerprint density at radius 3 is 3.14 bits per heavy atom. The van der Waals surface area contributed by atoms with Gasteiger partial charge in [0, 0.05) is 12.5 Å². The Morgan fingerprint density at radius 1 is 1.57 bits per heavy atom. The number of nitrogens with zero attached hydrogens (tertiary/aromatic N) is 3. The second kappa shape index (κ2) is 5.27. The zero-order valence-electron chi connectivity index (χ0n) is 10.9. The zero-order chi connectivity index (χ0) is 14.8. The Kier molecular flexibility index (Phi) is 3.30. The van der Waals surface area contributed by atoms with Gasteiger partial charge in [-0.2, -0.15) is 0 Å². The lowest BCUT2D eigenvalue weighted by molar-refractivity contribution is -0.142. The fraction of sp³-hybridized carbons (Fsp3) is 0.333. The zero-order valence-corrected chi connectivity index (χ0v) is 10.9. The van der Waals surface area contributed by atoms with E-state index in [1.165, 1.54) is 17.4 Å². The maximum absolute atomic E-state index is 12.2. The minimum absolute atomic E-state index is 0.150. The lowest BCUT2D eigenvalue weighted by atomic mass is 10.0. The topological polar surface area (TPSA) is 124 Å². The smallest absolute Gasteiger partial charge is 0.326 e. The van der Waals surface area contributed by atoms with Gasteiger partial charge in [0.1, 0.15) is 6.04 Å². The number of hydrogen-bond acceptors (Lipinski definition) is 5. The van der Waals surface area contributed by atoms with Gasteiger partial charge in [0.15, 0.2) is 5.76 Å². The van der Waals surface area contributed by atoms with E-state index in [-0.39, 0.29) is 19.5 Å². The van der Waals surface area contributed by atoms with E-state index in [1.807, 2.05) is 0 Å². The third-order valence-electron chi connectivity index (χ3n) is 3.35. The number of rotatable bonds is 3. The Morgan fingerprint density at radius 2 is 2.43 bits per heavy atom. The van der Waals surface area contributed by atoms with E-state index in [0.717, 1.165) is 5.69 Å². The molecule has 0 aromatic carbocycles. The number of carboxylic acids is 1. The van der Waals surface area contributed by atoms with Crippen LogP contribution < -0.4 is 5.32 Å². The maximum Gasteiger partial charge on any atom is 0.326 e. The number of aromatic nitrogens is 3. The molecule has 0 aliphatic carbocycles. The van der Waals surface area contributed by atoms with Crippen molar-refractivity contribution in [2.75, 3.05) is 0 Å². The van der Waals surface area contributed by atoms with Gasteiger partial charge < -0.3 is 24.8 Å². The van der Waals surface area contributed by atoms with Crippen LogP contribution in [0, 0.1) is 0 Å². The molecule has 110 valence electrons. The van der Waals surface area contributed by atoms with E-state index in [9.17, 15) is 14.7 Å². The molecule has 0 spiro atoms. The molecule has 1 unspecified atom stereocenters. The number of carbonyl (C=O) groups is 2. The molecule has 0 saturated heterocycles. The predicted octanol–water partition coefficient (Wildman–Crippen LogP) is 0.119. The molecule has 2 aromatic rings. The number of fused-ring (bicyclic) bond motifs is 1. The van der Waals surface area contributed by atoms with Gasteiger partial charge in [-0.15, -0.1) is 0 Å². The quantitative estimate of drug-likeness (QED) is 0.737. The summed E-state index contributed by atoms with van der Waals surface area (Å²) in [5.41, 5.74) is 1.43. The van der Waals surface area contributed by atoms with Crippen molar-refractivity contribution in [3.05, 3.63) is 35.7 Å². The van der Waals surface area contributed by atoms with Gasteiger partial charge in [-0.3, -0.25) is 0 Å². The molecule has 9 nitrogen and oxygen atoms in total. The molecule has 9 heteroatoms. The summed E-state index contributed by atoms with van der Waals surface area (Å²) in [5.74, 6) is -0.562. The number of amides is 2. The molecular weight excluding hydrogens is 278 g/mol. The molecule has 0 radical (unpaired) electrons. The lowest BCUT2D eigenvalue weighted by Gasteiger charge is -2.32. The highest BCUT2D eigenvalue weighted by Crippen LogP contribution is 2.20. The fourth-order valence-corrected chi connectivity index (χ4v) is 2.27. The van der Waals surface area contributed by atoms with Crippen molar-refractivity contribution in [3.8, 4) is 0 Å². The van der Waals surface area contributed by atoms with E-state index in [1.54, 1.807) is 6.07 Å². The van der Waals surface area contributed by atoms with E-state index >= 15 is 0 Å². The molecule has 3 heterocycles. The van der Waals surface area contributed by atoms with Crippen LogP contribution >= 0.6 is 0 Å². The molecule has 2 aromatic heterocycles. The van der Waals surface area contributed by atoms with Crippen molar-refractivity contribution in [2.45, 2.75) is 25.6 Å². The van der Waals surface area contributed by atoms with Gasteiger partial charge >= 0.3 is 12.0 Å². The summed E-state index contributed by atoms with van der Waals surface area (Å²) in [6.07, 6.45) is 3.16. The normalized spacial score (nSPS) is 17.3. The number of H-pyrrole nitrogens is 1. The predicted molar refractivity (Wildman–Crippen MR) is 68.0 cm³/mol. The number of imidazole rings is 1. The number of carboxylic acid groups (broad SMARTS) is 1. The molecule has 3 N–H and O–H groups in total. The van der Waals surface area contributed by atoms with E-state index < -0.39 is 18.0 Å². The minimum Gasteiger partial charge on any atom is -0.480 e. The molecule has 0 bridgehead atoms. The summed E-state index contributed by atoms with van der Waals surface area (Å²) < 4.78 is 4.87. The molecule has 1 atom stereocenters. The number of aliphatic carboxylic acids is 1. The summed E-state index contributed by atoms with van der Waals surface area (Å²) in [5, 5.41) is 15.4. The first-order valence-corrected chi connectivity index (χ1v) is 6.33. The number of carbonyl (C=O) groups excluding carboxylic acids is 1. The molecule has 21 heavy (non-hydrogen) atoms. The largest absolute Gasteiger partial charge is 0.480 e. The summed E-state index contributed by atoms with van der Waals surface area (Å²) in [7, 11) is 0. The summed E-state index contributed by atoms with van der Waals surface area (Å²) in [6.45, 7) is 0.325. The van der Waals surface area contributed by atoms with Crippen molar-refractivity contribution in [3.63, 3.8) is 0 Å². The Balaban J connectivity index is 1.72. The summed E-state index contributed by atoms with van der Waals surface area (Å²) in [4.78, 5) is 31.8. The van der Waals surface area contributed by atoms with Crippen molar-refractivity contribution in [1.82, 2.24) is 25.3 Å². The second-order valence-corrected chi connectivity index (χ2v) is 4.65. The van der Waals surface area contributed by atoms with Gasteiger partial charge in [-0.25, -0.2) is 14.6 Å². The van der Waals surface area contributed by atoms with Gasteiger partial charge in [0.2, 0.25) is 0 Å². The van der Waals surface area contributed by atoms with Crippen LogP contribution in [0.1, 0.15) is 17.1 Å². The Hall–Kier alpha value is -2.84. The fourth-order valence-electron chi connectivity index (χ4n) is 2.27. The van der Waals surface area contributed by atoms with Crippen LogP contribution in [0.4, 0.5) is 4.79 Å². The van der Waals surface area contributed by atoms with Gasteiger partial charge in [0.25, 0.3) is 0 Å². The van der Waals surface area contributed by atoms with Gasteiger partial charge in [-0.1, -0.05) is 5.16 Å². The number of hydrogen-bond donors (Lipinski definition) is 3.